The van der Waals surface area contributed by atoms with Crippen LogP contribution in [0.2, 0.25) is 10.0 Å². The van der Waals surface area contributed by atoms with Crippen LogP contribution < -0.4 is 5.32 Å². The summed E-state index contributed by atoms with van der Waals surface area (Å²) in [6.07, 6.45) is -2.68. The van der Waals surface area contributed by atoms with E-state index in [0.29, 0.717) is 39.3 Å². The first-order valence-corrected chi connectivity index (χ1v) is 16.4. The largest absolute Gasteiger partial charge is 0.418 e. The second-order valence-corrected chi connectivity index (χ2v) is 13.8. The molecular formula is C26H37Cl2F3N6O4S. The Kier molecular flexibility index (Phi) is 10.9. The molecule has 0 bridgehead atoms. The SMILES string of the molecule is CC(=O)N1CCN(CCS(=O)(=O)N2CCN(C(=O)CNc3cc(Cl)c(Cl)cc3C(F)(F)F)[C@@H](CN3CCCC3)C2)CC1. The molecular weight excluding hydrogens is 620 g/mol. The molecule has 10 nitrogen and oxygen atoms in total. The van der Waals surface area contributed by atoms with Gasteiger partial charge < -0.3 is 20.0 Å². The highest BCUT2D eigenvalue weighted by Gasteiger charge is 2.38. The van der Waals surface area contributed by atoms with Gasteiger partial charge in [0.15, 0.2) is 0 Å². The van der Waals surface area contributed by atoms with Crippen LogP contribution in [0.5, 0.6) is 0 Å². The maximum atomic E-state index is 13.6. The second kappa shape index (κ2) is 13.9. The molecule has 3 saturated heterocycles. The number of carbonyl (C=O) groups excluding carboxylic acids is 2. The summed E-state index contributed by atoms with van der Waals surface area (Å²) in [4.78, 5) is 32.4. The normalized spacial score (nSPS) is 21.6. The summed E-state index contributed by atoms with van der Waals surface area (Å²) in [6, 6.07) is 1.32. The maximum Gasteiger partial charge on any atom is 0.418 e. The van der Waals surface area contributed by atoms with Crippen LogP contribution in [0.15, 0.2) is 12.1 Å². The number of halogens is 5. The first-order chi connectivity index (χ1) is 19.7. The van der Waals surface area contributed by atoms with E-state index < -0.39 is 40.3 Å². The number of amides is 2. The number of nitrogens with zero attached hydrogens (tertiary/aromatic N) is 5. The van der Waals surface area contributed by atoms with Crippen LogP contribution in [0.4, 0.5) is 18.9 Å². The van der Waals surface area contributed by atoms with Crippen molar-refractivity contribution in [2.24, 2.45) is 0 Å². The molecule has 4 rings (SSSR count). The molecule has 0 aromatic heterocycles. The van der Waals surface area contributed by atoms with Crippen LogP contribution in [0.1, 0.15) is 25.3 Å². The van der Waals surface area contributed by atoms with E-state index in [4.69, 9.17) is 23.2 Å². The summed E-state index contributed by atoms with van der Waals surface area (Å²) in [7, 11) is -3.63. The maximum absolute atomic E-state index is 13.6. The quantitative estimate of drug-likeness (QED) is 0.436. The zero-order valence-corrected chi connectivity index (χ0v) is 25.8. The molecule has 16 heteroatoms. The van der Waals surface area contributed by atoms with Crippen molar-refractivity contribution in [2.75, 3.05) is 89.6 Å². The lowest BCUT2D eigenvalue weighted by Gasteiger charge is -2.42. The Labute approximate surface area is 254 Å². The molecule has 0 aliphatic carbocycles. The molecule has 1 aromatic carbocycles. The Morgan fingerprint density at radius 1 is 0.952 bits per heavy atom. The molecule has 0 spiro atoms. The lowest BCUT2D eigenvalue weighted by molar-refractivity contribution is -0.137. The third-order valence-electron chi connectivity index (χ3n) is 8.11. The van der Waals surface area contributed by atoms with E-state index in [1.165, 1.54) is 11.2 Å². The van der Waals surface area contributed by atoms with Crippen LogP contribution in [-0.4, -0.2) is 134 Å². The van der Waals surface area contributed by atoms with Crippen molar-refractivity contribution < 1.29 is 31.2 Å². The topological polar surface area (TPSA) is 96.5 Å². The van der Waals surface area contributed by atoms with Gasteiger partial charge in [-0.3, -0.25) is 14.5 Å². The summed E-state index contributed by atoms with van der Waals surface area (Å²) in [5.41, 5.74) is -1.39. The molecule has 236 valence electrons. The first kappa shape index (κ1) is 33.1. The monoisotopic (exact) mass is 656 g/mol. The minimum Gasteiger partial charge on any atom is -0.376 e. The third-order valence-corrected chi connectivity index (χ3v) is 10.6. The standard InChI is InChI=1S/C26H37Cl2F3N6O4S/c1-19(38)35-8-6-33(7-9-35)12-13-42(40,41)36-10-11-37(20(18-36)17-34-4-2-3-5-34)25(39)16-32-24-15-23(28)22(27)14-21(24)26(29,30)31/h14-15,20,32H,2-13,16-18H2,1H3/t20-/m0/s1. The zero-order chi connectivity index (χ0) is 30.7. The Morgan fingerprint density at radius 2 is 1.60 bits per heavy atom. The van der Waals surface area contributed by atoms with Crippen LogP contribution in [-0.2, 0) is 25.8 Å². The van der Waals surface area contributed by atoms with E-state index >= 15 is 0 Å². The number of nitrogens with one attached hydrogen (secondary N) is 1. The van der Waals surface area contributed by atoms with Gasteiger partial charge in [-0.2, -0.15) is 17.5 Å². The first-order valence-electron chi connectivity index (χ1n) is 14.0. The molecule has 1 N–H and O–H groups in total. The predicted molar refractivity (Wildman–Crippen MR) is 155 cm³/mol. The fraction of sp³-hybridized carbons (Fsp3) is 0.692. The lowest BCUT2D eigenvalue weighted by atomic mass is 10.1. The Hall–Kier alpha value is -1.84. The van der Waals surface area contributed by atoms with Crippen molar-refractivity contribution in [2.45, 2.75) is 32.0 Å². The minimum atomic E-state index is -4.71. The van der Waals surface area contributed by atoms with E-state index in [9.17, 15) is 31.2 Å². The number of hydrogen-bond donors (Lipinski definition) is 1. The Bertz CT molecular complexity index is 1240. The van der Waals surface area contributed by atoms with Gasteiger partial charge in [0.25, 0.3) is 0 Å². The molecule has 2 amide bonds. The van der Waals surface area contributed by atoms with Crippen LogP contribution in [0, 0.1) is 0 Å². The van der Waals surface area contributed by atoms with E-state index in [1.807, 2.05) is 4.90 Å². The molecule has 3 heterocycles. The second-order valence-electron chi connectivity index (χ2n) is 10.9. The molecule has 3 fully saturated rings. The van der Waals surface area contributed by atoms with Gasteiger partial charge in [-0.15, -0.1) is 0 Å². The highest BCUT2D eigenvalue weighted by molar-refractivity contribution is 7.89. The van der Waals surface area contributed by atoms with Gasteiger partial charge in [-0.05, 0) is 38.1 Å². The lowest BCUT2D eigenvalue weighted by Crippen LogP contribution is -2.61. The minimum absolute atomic E-state index is 0.00619. The zero-order valence-electron chi connectivity index (χ0n) is 23.5. The number of anilines is 1. The van der Waals surface area contributed by atoms with Crippen molar-refractivity contribution in [3.05, 3.63) is 27.7 Å². The number of benzene rings is 1. The predicted octanol–water partition coefficient (Wildman–Crippen LogP) is 2.53. The van der Waals surface area contributed by atoms with Gasteiger partial charge in [-0.1, -0.05) is 23.2 Å². The van der Waals surface area contributed by atoms with Gasteiger partial charge in [0, 0.05) is 71.5 Å². The number of piperazine rings is 2. The summed E-state index contributed by atoms with van der Waals surface area (Å²) in [6.45, 7) is 6.29. The van der Waals surface area contributed by atoms with Crippen LogP contribution in [0.25, 0.3) is 0 Å². The van der Waals surface area contributed by atoms with Gasteiger partial charge >= 0.3 is 6.18 Å². The van der Waals surface area contributed by atoms with Crippen molar-refractivity contribution in [3.63, 3.8) is 0 Å². The number of carbonyl (C=O) groups is 2. The Balaban J connectivity index is 1.40. The molecule has 0 saturated carbocycles. The summed E-state index contributed by atoms with van der Waals surface area (Å²) < 4.78 is 68.9. The molecule has 42 heavy (non-hydrogen) atoms. The third kappa shape index (κ3) is 8.41. The number of likely N-dealkylation sites (tertiary alicyclic amines) is 1. The molecule has 1 aromatic rings. The number of rotatable bonds is 9. The number of sulfonamides is 1. The molecule has 1 atom stereocenters. The molecule has 0 unspecified atom stereocenters. The van der Waals surface area contributed by atoms with E-state index in [-0.39, 0.29) is 47.0 Å². The van der Waals surface area contributed by atoms with Crippen LogP contribution in [0.3, 0.4) is 0 Å². The molecule has 3 aliphatic heterocycles. The van der Waals surface area contributed by atoms with E-state index in [1.54, 1.807) is 9.80 Å². The average Bonchev–Trinajstić information content (AvgIpc) is 3.45. The number of alkyl halides is 3. The smallest absolute Gasteiger partial charge is 0.376 e. The van der Waals surface area contributed by atoms with Crippen LogP contribution >= 0.6 is 23.2 Å². The number of hydrogen-bond acceptors (Lipinski definition) is 7. The van der Waals surface area contributed by atoms with Gasteiger partial charge in [0.2, 0.25) is 21.8 Å². The van der Waals surface area contributed by atoms with Gasteiger partial charge in [-0.25, -0.2) is 8.42 Å². The van der Waals surface area contributed by atoms with E-state index in [0.717, 1.165) is 38.1 Å². The average molecular weight is 658 g/mol. The fourth-order valence-electron chi connectivity index (χ4n) is 5.69. The van der Waals surface area contributed by atoms with Crippen molar-refractivity contribution in [1.82, 2.24) is 23.9 Å². The van der Waals surface area contributed by atoms with Gasteiger partial charge in [0.05, 0.1) is 33.9 Å². The fourth-order valence-corrected chi connectivity index (χ4v) is 7.52. The molecule has 3 aliphatic rings. The van der Waals surface area contributed by atoms with E-state index in [2.05, 4.69) is 10.2 Å². The summed E-state index contributed by atoms with van der Waals surface area (Å²) in [5.74, 6) is -0.498. The molecule has 0 radical (unpaired) electrons. The highest BCUT2D eigenvalue weighted by Crippen LogP contribution is 2.39. The van der Waals surface area contributed by atoms with Gasteiger partial charge in [0.1, 0.15) is 0 Å². The van der Waals surface area contributed by atoms with Crippen molar-refractivity contribution >= 4 is 50.7 Å². The summed E-state index contributed by atoms with van der Waals surface area (Å²) in [5, 5.41) is 2.25. The summed E-state index contributed by atoms with van der Waals surface area (Å²) >= 11 is 11.8. The van der Waals surface area contributed by atoms with Crippen molar-refractivity contribution in [1.29, 1.82) is 0 Å². The highest BCUT2D eigenvalue weighted by atomic mass is 35.5. The Morgan fingerprint density at radius 3 is 2.21 bits per heavy atom. The van der Waals surface area contributed by atoms with Crippen molar-refractivity contribution in [3.8, 4) is 0 Å².